The average molecular weight is 325 g/mol. The number of hydrogen-bond donors (Lipinski definition) is 0. The standard InChI is InChI=1S/C17H19N5O2/c1-12-9-14(23-20-12)10-16-19-17(21-24-16)13-5-6-15(18-11-13)22-7-3-2-4-8-22/h5-6,9,11H,2-4,7-8,10H2,1H3. The highest BCUT2D eigenvalue weighted by molar-refractivity contribution is 5.56. The van der Waals surface area contributed by atoms with Crippen molar-refractivity contribution in [2.24, 2.45) is 0 Å². The Bertz CT molecular complexity index is 803. The van der Waals surface area contributed by atoms with Crippen LogP contribution in [-0.2, 0) is 6.42 Å². The van der Waals surface area contributed by atoms with Gasteiger partial charge in [-0.1, -0.05) is 10.3 Å². The fourth-order valence-electron chi connectivity index (χ4n) is 2.92. The van der Waals surface area contributed by atoms with Gasteiger partial charge < -0.3 is 13.9 Å². The highest BCUT2D eigenvalue weighted by Crippen LogP contribution is 2.21. The van der Waals surface area contributed by atoms with Crippen molar-refractivity contribution in [1.82, 2.24) is 20.3 Å². The van der Waals surface area contributed by atoms with Crippen LogP contribution in [0.2, 0.25) is 0 Å². The number of rotatable bonds is 4. The Morgan fingerprint density at radius 2 is 1.96 bits per heavy atom. The molecule has 7 heteroatoms. The first-order valence-electron chi connectivity index (χ1n) is 8.24. The zero-order valence-electron chi connectivity index (χ0n) is 13.6. The summed E-state index contributed by atoms with van der Waals surface area (Å²) in [7, 11) is 0. The summed E-state index contributed by atoms with van der Waals surface area (Å²) < 4.78 is 10.5. The van der Waals surface area contributed by atoms with Crippen LogP contribution in [0.25, 0.3) is 11.4 Å². The Labute approximate surface area is 139 Å². The largest absolute Gasteiger partial charge is 0.361 e. The zero-order chi connectivity index (χ0) is 16.4. The van der Waals surface area contributed by atoms with Gasteiger partial charge in [-0.25, -0.2) is 4.98 Å². The third-order valence-electron chi connectivity index (χ3n) is 4.16. The maximum atomic E-state index is 5.29. The van der Waals surface area contributed by atoms with Gasteiger partial charge in [0.25, 0.3) is 0 Å². The van der Waals surface area contributed by atoms with Crippen LogP contribution in [0, 0.1) is 6.92 Å². The minimum absolute atomic E-state index is 0.438. The van der Waals surface area contributed by atoms with E-state index in [1.807, 2.05) is 25.1 Å². The summed E-state index contributed by atoms with van der Waals surface area (Å²) in [5.41, 5.74) is 1.68. The first-order valence-corrected chi connectivity index (χ1v) is 8.24. The van der Waals surface area contributed by atoms with E-state index >= 15 is 0 Å². The van der Waals surface area contributed by atoms with E-state index in [-0.39, 0.29) is 0 Å². The quantitative estimate of drug-likeness (QED) is 0.729. The second-order valence-electron chi connectivity index (χ2n) is 6.08. The molecule has 0 aromatic carbocycles. The molecule has 1 aliphatic rings. The number of piperidine rings is 1. The SMILES string of the molecule is Cc1cc(Cc2nc(-c3ccc(N4CCCCC4)nc3)no2)on1. The molecule has 0 atom stereocenters. The predicted molar refractivity (Wildman–Crippen MR) is 87.6 cm³/mol. The normalized spacial score (nSPS) is 15.0. The van der Waals surface area contributed by atoms with Gasteiger partial charge in [0.2, 0.25) is 11.7 Å². The van der Waals surface area contributed by atoms with E-state index in [2.05, 4.69) is 25.2 Å². The van der Waals surface area contributed by atoms with Crippen LogP contribution in [-0.4, -0.2) is 33.4 Å². The minimum Gasteiger partial charge on any atom is -0.361 e. The molecule has 0 saturated carbocycles. The Hall–Kier alpha value is -2.70. The van der Waals surface area contributed by atoms with Gasteiger partial charge in [-0.05, 0) is 38.3 Å². The summed E-state index contributed by atoms with van der Waals surface area (Å²) in [4.78, 5) is 11.3. The van der Waals surface area contributed by atoms with E-state index in [1.165, 1.54) is 19.3 Å². The molecule has 4 heterocycles. The predicted octanol–water partition coefficient (Wildman–Crippen LogP) is 3.01. The molecular formula is C17H19N5O2. The van der Waals surface area contributed by atoms with E-state index in [0.717, 1.165) is 30.2 Å². The second kappa shape index (κ2) is 6.43. The van der Waals surface area contributed by atoms with Crippen LogP contribution in [0.15, 0.2) is 33.4 Å². The van der Waals surface area contributed by atoms with Crippen LogP contribution in [0.1, 0.15) is 36.6 Å². The van der Waals surface area contributed by atoms with Crippen LogP contribution >= 0.6 is 0 Å². The van der Waals surface area contributed by atoms with Gasteiger partial charge in [0.1, 0.15) is 11.6 Å². The minimum atomic E-state index is 0.438. The lowest BCUT2D eigenvalue weighted by Gasteiger charge is -2.27. The Balaban J connectivity index is 1.47. The van der Waals surface area contributed by atoms with Gasteiger partial charge in [-0.3, -0.25) is 0 Å². The summed E-state index contributed by atoms with van der Waals surface area (Å²) >= 11 is 0. The number of anilines is 1. The molecule has 0 bridgehead atoms. The van der Waals surface area contributed by atoms with Gasteiger partial charge in [0.15, 0.2) is 0 Å². The fourth-order valence-corrected chi connectivity index (χ4v) is 2.92. The molecule has 0 amide bonds. The van der Waals surface area contributed by atoms with E-state index in [4.69, 9.17) is 9.05 Å². The molecule has 0 unspecified atom stereocenters. The Morgan fingerprint density at radius 3 is 2.67 bits per heavy atom. The molecule has 1 aliphatic heterocycles. The van der Waals surface area contributed by atoms with Gasteiger partial charge >= 0.3 is 0 Å². The smallest absolute Gasteiger partial charge is 0.234 e. The molecule has 24 heavy (non-hydrogen) atoms. The fraction of sp³-hybridized carbons (Fsp3) is 0.412. The summed E-state index contributed by atoms with van der Waals surface area (Å²) in [6.07, 6.45) is 6.02. The van der Waals surface area contributed by atoms with Crippen molar-refractivity contribution in [2.45, 2.75) is 32.6 Å². The Morgan fingerprint density at radius 1 is 1.08 bits per heavy atom. The third kappa shape index (κ3) is 3.15. The van der Waals surface area contributed by atoms with E-state index in [0.29, 0.717) is 23.9 Å². The maximum Gasteiger partial charge on any atom is 0.234 e. The van der Waals surface area contributed by atoms with Crippen molar-refractivity contribution in [1.29, 1.82) is 0 Å². The molecule has 0 radical (unpaired) electrons. The van der Waals surface area contributed by atoms with Gasteiger partial charge in [0.05, 0.1) is 12.1 Å². The molecule has 1 fully saturated rings. The van der Waals surface area contributed by atoms with Crippen molar-refractivity contribution in [2.75, 3.05) is 18.0 Å². The van der Waals surface area contributed by atoms with E-state index in [1.54, 1.807) is 6.20 Å². The van der Waals surface area contributed by atoms with Crippen LogP contribution < -0.4 is 4.90 Å². The molecule has 3 aromatic rings. The van der Waals surface area contributed by atoms with Gasteiger partial charge in [-0.2, -0.15) is 4.98 Å². The van der Waals surface area contributed by atoms with Crippen molar-refractivity contribution in [3.63, 3.8) is 0 Å². The van der Waals surface area contributed by atoms with E-state index < -0.39 is 0 Å². The van der Waals surface area contributed by atoms with Gasteiger partial charge in [0, 0.05) is 30.9 Å². The van der Waals surface area contributed by atoms with Crippen molar-refractivity contribution < 1.29 is 9.05 Å². The zero-order valence-corrected chi connectivity index (χ0v) is 13.6. The molecule has 0 aliphatic carbocycles. The molecule has 124 valence electrons. The number of aryl methyl sites for hydroxylation is 1. The lowest BCUT2D eigenvalue weighted by atomic mass is 10.1. The molecular weight excluding hydrogens is 306 g/mol. The van der Waals surface area contributed by atoms with Crippen LogP contribution in [0.3, 0.4) is 0 Å². The highest BCUT2D eigenvalue weighted by Gasteiger charge is 2.14. The van der Waals surface area contributed by atoms with Crippen molar-refractivity contribution in [3.05, 3.63) is 41.7 Å². The van der Waals surface area contributed by atoms with Crippen molar-refractivity contribution in [3.8, 4) is 11.4 Å². The topological polar surface area (TPSA) is 81.1 Å². The lowest BCUT2D eigenvalue weighted by Crippen LogP contribution is -2.29. The van der Waals surface area contributed by atoms with Crippen LogP contribution in [0.4, 0.5) is 5.82 Å². The molecule has 1 saturated heterocycles. The average Bonchev–Trinajstić information content (AvgIpc) is 3.25. The number of hydrogen-bond acceptors (Lipinski definition) is 7. The Kier molecular flexibility index (Phi) is 3.98. The number of nitrogens with zero attached hydrogens (tertiary/aromatic N) is 5. The maximum absolute atomic E-state index is 5.29. The molecule has 7 nitrogen and oxygen atoms in total. The number of aromatic nitrogens is 4. The second-order valence-corrected chi connectivity index (χ2v) is 6.08. The first-order chi connectivity index (χ1) is 11.8. The summed E-state index contributed by atoms with van der Waals surface area (Å²) in [5.74, 6) is 2.76. The number of pyridine rings is 1. The monoisotopic (exact) mass is 325 g/mol. The summed E-state index contributed by atoms with van der Waals surface area (Å²) in [5, 5.41) is 7.88. The van der Waals surface area contributed by atoms with Crippen molar-refractivity contribution >= 4 is 5.82 Å². The highest BCUT2D eigenvalue weighted by atomic mass is 16.5. The lowest BCUT2D eigenvalue weighted by molar-refractivity contribution is 0.350. The third-order valence-corrected chi connectivity index (χ3v) is 4.16. The molecule has 3 aromatic heterocycles. The summed E-state index contributed by atoms with van der Waals surface area (Å²) in [6, 6.07) is 5.87. The van der Waals surface area contributed by atoms with Gasteiger partial charge in [-0.15, -0.1) is 0 Å². The molecule has 4 rings (SSSR count). The van der Waals surface area contributed by atoms with E-state index in [9.17, 15) is 0 Å². The first kappa shape index (κ1) is 14.9. The molecule has 0 N–H and O–H groups in total. The van der Waals surface area contributed by atoms with Crippen LogP contribution in [0.5, 0.6) is 0 Å². The summed E-state index contributed by atoms with van der Waals surface area (Å²) in [6.45, 7) is 4.03. The molecule has 0 spiro atoms.